The molecule has 32 heavy (non-hydrogen) atoms. The lowest BCUT2D eigenvalue weighted by molar-refractivity contribution is 0.102. The summed E-state index contributed by atoms with van der Waals surface area (Å²) in [4.78, 5) is 34.4. The smallest absolute Gasteiger partial charge is 0.267 e. The van der Waals surface area contributed by atoms with E-state index in [1.807, 2.05) is 13.0 Å². The molecule has 0 saturated heterocycles. The number of methoxy groups -OCH3 is 2. The lowest BCUT2D eigenvalue weighted by Crippen LogP contribution is -2.23. The van der Waals surface area contributed by atoms with Crippen molar-refractivity contribution in [3.05, 3.63) is 82.0 Å². The summed E-state index contributed by atoms with van der Waals surface area (Å²) in [7, 11) is 3.06. The number of nitrogens with one attached hydrogen (secondary N) is 1. The SMILES string of the molecule is COc1ccc(C(=O)Nc2ccc(-n3c(C)nc4ncccc4c3=O)cc2C)cc1OC. The number of pyridine rings is 1. The fraction of sp³-hybridized carbons (Fsp3) is 0.167. The summed E-state index contributed by atoms with van der Waals surface area (Å²) in [6, 6.07) is 13.8. The van der Waals surface area contributed by atoms with Crippen LogP contribution in [0.15, 0.2) is 59.5 Å². The summed E-state index contributed by atoms with van der Waals surface area (Å²) in [5, 5.41) is 3.35. The second-order valence-electron chi connectivity index (χ2n) is 7.20. The molecule has 0 spiro atoms. The van der Waals surface area contributed by atoms with Gasteiger partial charge in [0.05, 0.1) is 25.3 Å². The number of ether oxygens (including phenoxy) is 2. The number of aromatic nitrogens is 3. The average Bonchev–Trinajstić information content (AvgIpc) is 2.80. The van der Waals surface area contributed by atoms with Crippen molar-refractivity contribution in [2.75, 3.05) is 19.5 Å². The number of carbonyl (C=O) groups is 1. The van der Waals surface area contributed by atoms with E-state index in [0.717, 1.165) is 5.56 Å². The van der Waals surface area contributed by atoms with Gasteiger partial charge in [0, 0.05) is 17.4 Å². The predicted molar refractivity (Wildman–Crippen MR) is 122 cm³/mol. The first-order chi connectivity index (χ1) is 15.4. The molecule has 0 fully saturated rings. The summed E-state index contributed by atoms with van der Waals surface area (Å²) in [5.74, 6) is 1.27. The molecule has 1 amide bonds. The Hall–Kier alpha value is -4.20. The van der Waals surface area contributed by atoms with Crippen molar-refractivity contribution in [1.82, 2.24) is 14.5 Å². The second kappa shape index (κ2) is 8.50. The Kier molecular flexibility index (Phi) is 5.59. The number of fused-ring (bicyclic) bond motifs is 1. The van der Waals surface area contributed by atoms with Gasteiger partial charge in [0.25, 0.3) is 11.5 Å². The van der Waals surface area contributed by atoms with Crippen LogP contribution in [-0.4, -0.2) is 34.7 Å². The van der Waals surface area contributed by atoms with Crippen molar-refractivity contribution in [3.63, 3.8) is 0 Å². The summed E-state index contributed by atoms with van der Waals surface area (Å²) in [6.45, 7) is 3.63. The largest absolute Gasteiger partial charge is 0.493 e. The van der Waals surface area contributed by atoms with Gasteiger partial charge in [-0.3, -0.25) is 14.2 Å². The lowest BCUT2D eigenvalue weighted by Gasteiger charge is -2.14. The summed E-state index contributed by atoms with van der Waals surface area (Å²) >= 11 is 0. The quantitative estimate of drug-likeness (QED) is 0.519. The van der Waals surface area contributed by atoms with Gasteiger partial charge in [0.2, 0.25) is 0 Å². The minimum absolute atomic E-state index is 0.192. The third kappa shape index (κ3) is 3.78. The van der Waals surface area contributed by atoms with Crippen LogP contribution in [0.1, 0.15) is 21.7 Å². The van der Waals surface area contributed by atoms with Gasteiger partial charge in [-0.1, -0.05) is 0 Å². The first kappa shape index (κ1) is 21.0. The van der Waals surface area contributed by atoms with Gasteiger partial charge in [0.15, 0.2) is 17.1 Å². The normalized spacial score (nSPS) is 10.8. The highest BCUT2D eigenvalue weighted by molar-refractivity contribution is 6.05. The van der Waals surface area contributed by atoms with Crippen LogP contribution in [0.4, 0.5) is 5.69 Å². The van der Waals surface area contributed by atoms with E-state index in [4.69, 9.17) is 9.47 Å². The third-order valence-corrected chi connectivity index (χ3v) is 5.17. The molecule has 2 aromatic heterocycles. The van der Waals surface area contributed by atoms with Gasteiger partial charge in [0.1, 0.15) is 5.82 Å². The molecule has 1 N–H and O–H groups in total. The molecule has 2 aromatic carbocycles. The van der Waals surface area contributed by atoms with E-state index >= 15 is 0 Å². The van der Waals surface area contributed by atoms with Crippen molar-refractivity contribution in [3.8, 4) is 17.2 Å². The van der Waals surface area contributed by atoms with E-state index in [1.165, 1.54) is 18.8 Å². The number of benzene rings is 2. The second-order valence-corrected chi connectivity index (χ2v) is 7.20. The molecule has 4 aromatic rings. The van der Waals surface area contributed by atoms with Crippen LogP contribution < -0.4 is 20.3 Å². The molecule has 4 rings (SSSR count). The van der Waals surface area contributed by atoms with E-state index in [-0.39, 0.29) is 11.5 Å². The first-order valence-corrected chi connectivity index (χ1v) is 9.91. The van der Waals surface area contributed by atoms with Crippen LogP contribution in [0.3, 0.4) is 0 Å². The van der Waals surface area contributed by atoms with Crippen molar-refractivity contribution in [1.29, 1.82) is 0 Å². The number of hydrogen-bond donors (Lipinski definition) is 1. The molecule has 0 aliphatic rings. The molecule has 0 atom stereocenters. The molecule has 0 aliphatic carbocycles. The van der Waals surface area contributed by atoms with Gasteiger partial charge < -0.3 is 14.8 Å². The molecular formula is C24H22N4O4. The van der Waals surface area contributed by atoms with Gasteiger partial charge in [-0.2, -0.15) is 0 Å². The number of carbonyl (C=O) groups excluding carboxylic acids is 1. The van der Waals surface area contributed by atoms with Gasteiger partial charge >= 0.3 is 0 Å². The Bertz CT molecular complexity index is 1390. The van der Waals surface area contributed by atoms with E-state index in [2.05, 4.69) is 15.3 Å². The maximum absolute atomic E-state index is 13.0. The van der Waals surface area contributed by atoms with Gasteiger partial charge in [-0.05, 0) is 67.9 Å². The molecular weight excluding hydrogens is 408 g/mol. The number of anilines is 1. The Morgan fingerprint density at radius 2 is 1.78 bits per heavy atom. The van der Waals surface area contributed by atoms with Gasteiger partial charge in [-0.25, -0.2) is 9.97 Å². The zero-order valence-corrected chi connectivity index (χ0v) is 18.2. The topological polar surface area (TPSA) is 95.3 Å². The third-order valence-electron chi connectivity index (χ3n) is 5.17. The minimum atomic E-state index is -0.284. The van der Waals surface area contributed by atoms with Crippen molar-refractivity contribution >= 4 is 22.6 Å². The maximum Gasteiger partial charge on any atom is 0.267 e. The van der Waals surface area contributed by atoms with Crippen LogP contribution >= 0.6 is 0 Å². The number of amides is 1. The number of nitrogens with zero attached hydrogens (tertiary/aromatic N) is 3. The molecule has 0 unspecified atom stereocenters. The Morgan fingerprint density at radius 1 is 1.00 bits per heavy atom. The highest BCUT2D eigenvalue weighted by atomic mass is 16.5. The van der Waals surface area contributed by atoms with E-state index in [0.29, 0.717) is 45.3 Å². The van der Waals surface area contributed by atoms with Crippen LogP contribution in [0.25, 0.3) is 16.7 Å². The Balaban J connectivity index is 1.66. The number of rotatable bonds is 5. The van der Waals surface area contributed by atoms with Crippen LogP contribution in [0.5, 0.6) is 11.5 Å². The fourth-order valence-corrected chi connectivity index (χ4v) is 3.53. The molecule has 0 saturated carbocycles. The van der Waals surface area contributed by atoms with E-state index in [9.17, 15) is 9.59 Å². The summed E-state index contributed by atoms with van der Waals surface area (Å²) < 4.78 is 12.0. The molecule has 0 radical (unpaired) electrons. The Morgan fingerprint density at radius 3 is 2.50 bits per heavy atom. The van der Waals surface area contributed by atoms with Crippen molar-refractivity contribution in [2.45, 2.75) is 13.8 Å². The van der Waals surface area contributed by atoms with Crippen molar-refractivity contribution < 1.29 is 14.3 Å². The van der Waals surface area contributed by atoms with Crippen LogP contribution in [0.2, 0.25) is 0 Å². The highest BCUT2D eigenvalue weighted by Gasteiger charge is 2.14. The molecule has 8 nitrogen and oxygen atoms in total. The van der Waals surface area contributed by atoms with Gasteiger partial charge in [-0.15, -0.1) is 0 Å². The Labute approximate surface area is 184 Å². The standard InChI is InChI=1S/C24H22N4O4/c1-14-12-17(28-15(2)26-22-18(24(28)30)6-5-11-25-22)8-9-19(14)27-23(29)16-7-10-20(31-3)21(13-16)32-4/h5-13H,1-4H3,(H,27,29). The maximum atomic E-state index is 13.0. The number of aryl methyl sites for hydroxylation is 2. The predicted octanol–water partition coefficient (Wildman–Crippen LogP) is 3.67. The summed E-state index contributed by atoms with van der Waals surface area (Å²) in [6.07, 6.45) is 1.61. The number of hydrogen-bond acceptors (Lipinski definition) is 6. The summed E-state index contributed by atoms with van der Waals surface area (Å²) in [5.41, 5.74) is 2.75. The fourth-order valence-electron chi connectivity index (χ4n) is 3.53. The van der Waals surface area contributed by atoms with Crippen molar-refractivity contribution in [2.24, 2.45) is 0 Å². The zero-order chi connectivity index (χ0) is 22.8. The average molecular weight is 430 g/mol. The lowest BCUT2D eigenvalue weighted by atomic mass is 10.1. The van der Waals surface area contributed by atoms with Crippen LogP contribution in [0, 0.1) is 13.8 Å². The molecule has 162 valence electrons. The molecule has 2 heterocycles. The highest BCUT2D eigenvalue weighted by Crippen LogP contribution is 2.28. The molecule has 0 bridgehead atoms. The minimum Gasteiger partial charge on any atom is -0.493 e. The zero-order valence-electron chi connectivity index (χ0n) is 18.2. The van der Waals surface area contributed by atoms with E-state index < -0.39 is 0 Å². The monoisotopic (exact) mass is 430 g/mol. The molecule has 0 aliphatic heterocycles. The van der Waals surface area contributed by atoms with E-state index in [1.54, 1.807) is 55.6 Å². The first-order valence-electron chi connectivity index (χ1n) is 9.91. The van der Waals surface area contributed by atoms with Crippen LogP contribution in [-0.2, 0) is 0 Å². The molecule has 8 heteroatoms.